The number of pyridine rings is 1. The SMILES string of the molecule is Cc1cc(OCc2ccco2)c2cc(N)ccc2n1. The second-order valence-corrected chi connectivity index (χ2v) is 4.41. The molecule has 0 spiro atoms. The van der Waals surface area contributed by atoms with Crippen molar-refractivity contribution in [1.82, 2.24) is 4.98 Å². The van der Waals surface area contributed by atoms with Crippen LogP contribution in [0.25, 0.3) is 10.9 Å². The van der Waals surface area contributed by atoms with Gasteiger partial charge in [0.2, 0.25) is 0 Å². The number of rotatable bonds is 3. The van der Waals surface area contributed by atoms with Gasteiger partial charge in [-0.05, 0) is 37.3 Å². The van der Waals surface area contributed by atoms with Crippen LogP contribution < -0.4 is 10.5 Å². The second-order valence-electron chi connectivity index (χ2n) is 4.41. The van der Waals surface area contributed by atoms with Crippen LogP contribution in [0.1, 0.15) is 11.5 Å². The van der Waals surface area contributed by atoms with E-state index in [-0.39, 0.29) is 0 Å². The van der Waals surface area contributed by atoms with Crippen molar-refractivity contribution in [3.8, 4) is 5.75 Å². The summed E-state index contributed by atoms with van der Waals surface area (Å²) in [6.07, 6.45) is 1.63. The molecule has 2 heterocycles. The number of fused-ring (bicyclic) bond motifs is 1. The Bertz CT molecular complexity index is 705. The van der Waals surface area contributed by atoms with Crippen LogP contribution in [0.2, 0.25) is 0 Å². The molecule has 2 aromatic heterocycles. The van der Waals surface area contributed by atoms with Crippen molar-refractivity contribution in [1.29, 1.82) is 0 Å². The van der Waals surface area contributed by atoms with Gasteiger partial charge in [-0.25, -0.2) is 0 Å². The number of ether oxygens (including phenoxy) is 1. The number of benzene rings is 1. The van der Waals surface area contributed by atoms with E-state index in [2.05, 4.69) is 4.98 Å². The maximum Gasteiger partial charge on any atom is 0.146 e. The summed E-state index contributed by atoms with van der Waals surface area (Å²) < 4.78 is 11.1. The minimum Gasteiger partial charge on any atom is -0.485 e. The average molecular weight is 254 g/mol. The molecule has 0 aliphatic carbocycles. The lowest BCUT2D eigenvalue weighted by atomic mass is 10.1. The molecule has 0 aliphatic heterocycles. The molecular formula is C15H14N2O2. The van der Waals surface area contributed by atoms with Crippen molar-refractivity contribution in [2.75, 3.05) is 5.73 Å². The Labute approximate surface area is 110 Å². The van der Waals surface area contributed by atoms with Gasteiger partial charge in [0.05, 0.1) is 11.8 Å². The minimum atomic E-state index is 0.389. The lowest BCUT2D eigenvalue weighted by Gasteiger charge is -2.09. The van der Waals surface area contributed by atoms with Crippen LogP contribution >= 0.6 is 0 Å². The van der Waals surface area contributed by atoms with E-state index in [1.807, 2.05) is 43.3 Å². The molecule has 2 N–H and O–H groups in total. The molecule has 0 saturated heterocycles. The Hall–Kier alpha value is -2.49. The molecule has 0 atom stereocenters. The number of nitrogens with two attached hydrogens (primary N) is 1. The lowest BCUT2D eigenvalue weighted by Crippen LogP contribution is -1.97. The van der Waals surface area contributed by atoms with Crippen molar-refractivity contribution >= 4 is 16.6 Å². The standard InChI is InChI=1S/C15H14N2O2/c1-10-7-15(19-9-12-3-2-6-18-12)13-8-11(16)4-5-14(13)17-10/h2-8H,9,16H2,1H3. The summed E-state index contributed by atoms with van der Waals surface area (Å²) in [7, 11) is 0. The summed E-state index contributed by atoms with van der Waals surface area (Å²) in [5.41, 5.74) is 8.30. The smallest absolute Gasteiger partial charge is 0.146 e. The Kier molecular flexibility index (Phi) is 2.83. The molecule has 0 saturated carbocycles. The molecule has 3 rings (SSSR count). The number of aryl methyl sites for hydroxylation is 1. The number of hydrogen-bond acceptors (Lipinski definition) is 4. The summed E-state index contributed by atoms with van der Waals surface area (Å²) in [5.74, 6) is 1.55. The lowest BCUT2D eigenvalue weighted by molar-refractivity contribution is 0.273. The zero-order valence-corrected chi connectivity index (χ0v) is 10.6. The number of aromatic nitrogens is 1. The quantitative estimate of drug-likeness (QED) is 0.728. The average Bonchev–Trinajstić information content (AvgIpc) is 2.89. The predicted octanol–water partition coefficient (Wildman–Crippen LogP) is 3.30. The fourth-order valence-corrected chi connectivity index (χ4v) is 2.00. The van der Waals surface area contributed by atoms with Crippen LogP contribution in [0.3, 0.4) is 0 Å². The number of hydrogen-bond donors (Lipinski definition) is 1. The molecule has 0 aliphatic rings. The first-order chi connectivity index (χ1) is 9.22. The largest absolute Gasteiger partial charge is 0.485 e. The van der Waals surface area contributed by atoms with Crippen LogP contribution in [-0.4, -0.2) is 4.98 Å². The fourth-order valence-electron chi connectivity index (χ4n) is 2.00. The van der Waals surface area contributed by atoms with Crippen molar-refractivity contribution in [2.45, 2.75) is 13.5 Å². The topological polar surface area (TPSA) is 61.3 Å². The van der Waals surface area contributed by atoms with E-state index in [0.29, 0.717) is 12.3 Å². The molecule has 1 aromatic carbocycles. The van der Waals surface area contributed by atoms with Crippen LogP contribution in [0.5, 0.6) is 5.75 Å². The van der Waals surface area contributed by atoms with Gasteiger partial charge >= 0.3 is 0 Å². The first kappa shape index (κ1) is 11.6. The van der Waals surface area contributed by atoms with Gasteiger partial charge in [0.25, 0.3) is 0 Å². The van der Waals surface area contributed by atoms with E-state index in [1.165, 1.54) is 0 Å². The van der Waals surface area contributed by atoms with E-state index in [0.717, 1.165) is 28.1 Å². The summed E-state index contributed by atoms with van der Waals surface area (Å²) in [5, 5.41) is 0.914. The zero-order chi connectivity index (χ0) is 13.2. The molecule has 0 fully saturated rings. The second kappa shape index (κ2) is 4.65. The molecular weight excluding hydrogens is 240 g/mol. The maximum atomic E-state index is 5.82. The number of furan rings is 1. The van der Waals surface area contributed by atoms with Gasteiger partial charge in [-0.15, -0.1) is 0 Å². The summed E-state index contributed by atoms with van der Waals surface area (Å²) in [4.78, 5) is 4.46. The third kappa shape index (κ3) is 2.38. The monoisotopic (exact) mass is 254 g/mol. The molecule has 0 amide bonds. The van der Waals surface area contributed by atoms with E-state index in [9.17, 15) is 0 Å². The van der Waals surface area contributed by atoms with Gasteiger partial charge in [0, 0.05) is 22.8 Å². The molecule has 0 bridgehead atoms. The van der Waals surface area contributed by atoms with Crippen LogP contribution in [0.15, 0.2) is 47.1 Å². The van der Waals surface area contributed by atoms with E-state index >= 15 is 0 Å². The molecule has 19 heavy (non-hydrogen) atoms. The van der Waals surface area contributed by atoms with E-state index < -0.39 is 0 Å². The Balaban J connectivity index is 1.99. The zero-order valence-electron chi connectivity index (χ0n) is 10.6. The minimum absolute atomic E-state index is 0.389. The van der Waals surface area contributed by atoms with Gasteiger partial charge in [0.1, 0.15) is 18.1 Å². The molecule has 4 nitrogen and oxygen atoms in total. The number of anilines is 1. The highest BCUT2D eigenvalue weighted by molar-refractivity contribution is 5.87. The third-order valence-electron chi connectivity index (χ3n) is 2.87. The highest BCUT2D eigenvalue weighted by atomic mass is 16.5. The van der Waals surface area contributed by atoms with Gasteiger partial charge in [0.15, 0.2) is 0 Å². The summed E-state index contributed by atoms with van der Waals surface area (Å²) in [6.45, 7) is 2.33. The van der Waals surface area contributed by atoms with Crippen LogP contribution in [-0.2, 0) is 6.61 Å². The highest BCUT2D eigenvalue weighted by Crippen LogP contribution is 2.28. The summed E-state index contributed by atoms with van der Waals surface area (Å²) in [6, 6.07) is 11.2. The van der Waals surface area contributed by atoms with Crippen molar-refractivity contribution in [3.63, 3.8) is 0 Å². The summed E-state index contributed by atoms with van der Waals surface area (Å²) >= 11 is 0. The molecule has 3 aromatic rings. The molecule has 0 unspecified atom stereocenters. The molecule has 96 valence electrons. The molecule has 4 heteroatoms. The fraction of sp³-hybridized carbons (Fsp3) is 0.133. The van der Waals surface area contributed by atoms with Gasteiger partial charge in [-0.1, -0.05) is 0 Å². The first-order valence-electron chi connectivity index (χ1n) is 6.04. The van der Waals surface area contributed by atoms with Gasteiger partial charge in [-0.3, -0.25) is 4.98 Å². The maximum absolute atomic E-state index is 5.82. The number of nitrogens with zero attached hydrogens (tertiary/aromatic N) is 1. The Morgan fingerprint density at radius 3 is 2.95 bits per heavy atom. The van der Waals surface area contributed by atoms with Crippen LogP contribution in [0.4, 0.5) is 5.69 Å². The highest BCUT2D eigenvalue weighted by Gasteiger charge is 2.07. The molecule has 0 radical (unpaired) electrons. The van der Waals surface area contributed by atoms with Crippen LogP contribution in [0, 0.1) is 6.92 Å². The third-order valence-corrected chi connectivity index (χ3v) is 2.87. The number of nitrogen functional groups attached to an aromatic ring is 1. The van der Waals surface area contributed by atoms with Crippen molar-refractivity contribution in [2.24, 2.45) is 0 Å². The van der Waals surface area contributed by atoms with Crippen molar-refractivity contribution in [3.05, 3.63) is 54.1 Å². The van der Waals surface area contributed by atoms with Gasteiger partial charge < -0.3 is 14.9 Å². The van der Waals surface area contributed by atoms with Gasteiger partial charge in [-0.2, -0.15) is 0 Å². The van der Waals surface area contributed by atoms with E-state index in [1.54, 1.807) is 6.26 Å². The van der Waals surface area contributed by atoms with Crippen molar-refractivity contribution < 1.29 is 9.15 Å². The normalized spacial score (nSPS) is 10.8. The van der Waals surface area contributed by atoms with E-state index in [4.69, 9.17) is 14.9 Å². The Morgan fingerprint density at radius 1 is 1.26 bits per heavy atom. The first-order valence-corrected chi connectivity index (χ1v) is 6.04. The Morgan fingerprint density at radius 2 is 2.16 bits per heavy atom. The predicted molar refractivity (Wildman–Crippen MR) is 73.9 cm³/mol.